The number of hydrogen-bond acceptors (Lipinski definition) is 6. The summed E-state index contributed by atoms with van der Waals surface area (Å²) in [5.74, 6) is -1.71. The third-order valence-corrected chi connectivity index (χ3v) is 3.29. The number of carbonyl (C=O) groups excluding carboxylic acids is 1. The molecule has 6 nitrogen and oxygen atoms in total. The van der Waals surface area contributed by atoms with Crippen LogP contribution in [0.5, 0.6) is 5.75 Å². The Morgan fingerprint density at radius 2 is 1.92 bits per heavy atom. The van der Waals surface area contributed by atoms with Gasteiger partial charge < -0.3 is 14.0 Å². The molecule has 0 aliphatic rings. The Hall–Kier alpha value is -3.29. The molecule has 0 saturated heterocycles. The van der Waals surface area contributed by atoms with Gasteiger partial charge in [-0.1, -0.05) is 5.16 Å². The van der Waals surface area contributed by atoms with Gasteiger partial charge in [0.15, 0.2) is 6.61 Å². The maximum absolute atomic E-state index is 13.5. The van der Waals surface area contributed by atoms with Gasteiger partial charge in [-0.15, -0.1) is 0 Å². The molecular weight excluding hydrogens is 334 g/mol. The Bertz CT molecular complexity index is 894. The normalized spacial score (nSPS) is 10.5. The van der Waals surface area contributed by atoms with E-state index < -0.39 is 17.6 Å². The summed E-state index contributed by atoms with van der Waals surface area (Å²) in [5, 5.41) is 3.78. The summed E-state index contributed by atoms with van der Waals surface area (Å²) < 4.78 is 41.3. The minimum atomic E-state index is -1.01. The standard InChI is InChI=1S/C17H12F2N2O4/c1-23-12-5-2-10(3-6-12)16-20-15(25-21-16)9-24-17(22)13-7-4-11(18)8-14(13)19/h2-8H,9H2,1H3. The molecule has 0 radical (unpaired) electrons. The summed E-state index contributed by atoms with van der Waals surface area (Å²) in [4.78, 5) is 15.9. The van der Waals surface area contributed by atoms with E-state index in [2.05, 4.69) is 10.1 Å². The fraction of sp³-hybridized carbons (Fsp3) is 0.118. The van der Waals surface area contributed by atoms with Crippen LogP contribution in [0.2, 0.25) is 0 Å². The first kappa shape index (κ1) is 16.6. The fourth-order valence-corrected chi connectivity index (χ4v) is 2.03. The largest absolute Gasteiger partial charge is 0.497 e. The van der Waals surface area contributed by atoms with Gasteiger partial charge in [-0.3, -0.25) is 0 Å². The van der Waals surface area contributed by atoms with Crippen LogP contribution >= 0.6 is 0 Å². The molecule has 0 amide bonds. The maximum Gasteiger partial charge on any atom is 0.341 e. The monoisotopic (exact) mass is 346 g/mol. The van der Waals surface area contributed by atoms with Crippen molar-refractivity contribution in [3.63, 3.8) is 0 Å². The summed E-state index contributed by atoms with van der Waals surface area (Å²) in [5.41, 5.74) is 0.308. The molecule has 0 N–H and O–H groups in total. The van der Waals surface area contributed by atoms with Gasteiger partial charge in [-0.25, -0.2) is 13.6 Å². The Morgan fingerprint density at radius 3 is 2.60 bits per heavy atom. The molecule has 25 heavy (non-hydrogen) atoms. The molecule has 0 aliphatic heterocycles. The zero-order valence-electron chi connectivity index (χ0n) is 13.0. The van der Waals surface area contributed by atoms with E-state index in [0.717, 1.165) is 12.1 Å². The van der Waals surface area contributed by atoms with Crippen molar-refractivity contribution in [1.82, 2.24) is 10.1 Å². The second-order valence-electron chi connectivity index (χ2n) is 4.94. The number of aromatic nitrogens is 2. The SMILES string of the molecule is COc1ccc(-c2noc(COC(=O)c3ccc(F)cc3F)n2)cc1. The predicted molar refractivity (Wildman–Crippen MR) is 81.8 cm³/mol. The Labute approximate surface area is 141 Å². The van der Waals surface area contributed by atoms with Gasteiger partial charge in [0.05, 0.1) is 12.7 Å². The van der Waals surface area contributed by atoms with Crippen LogP contribution in [0.15, 0.2) is 47.0 Å². The van der Waals surface area contributed by atoms with Crippen LogP contribution in [0.3, 0.4) is 0 Å². The number of nitrogens with zero attached hydrogens (tertiary/aromatic N) is 2. The molecular formula is C17H12F2N2O4. The van der Waals surface area contributed by atoms with Gasteiger partial charge in [0.25, 0.3) is 5.89 Å². The topological polar surface area (TPSA) is 74.5 Å². The van der Waals surface area contributed by atoms with E-state index in [0.29, 0.717) is 23.2 Å². The molecule has 1 heterocycles. The summed E-state index contributed by atoms with van der Waals surface area (Å²) in [6.07, 6.45) is 0. The summed E-state index contributed by atoms with van der Waals surface area (Å²) in [6, 6.07) is 9.54. The second kappa shape index (κ2) is 7.08. The summed E-state index contributed by atoms with van der Waals surface area (Å²) >= 11 is 0. The molecule has 0 fully saturated rings. The Kier molecular flexibility index (Phi) is 4.69. The molecule has 3 rings (SSSR count). The average Bonchev–Trinajstić information content (AvgIpc) is 3.09. The molecule has 0 unspecified atom stereocenters. The zero-order chi connectivity index (χ0) is 17.8. The van der Waals surface area contributed by atoms with Crippen LogP contribution < -0.4 is 4.74 Å². The third kappa shape index (κ3) is 3.79. The molecule has 0 atom stereocenters. The van der Waals surface area contributed by atoms with Crippen LogP contribution in [0.4, 0.5) is 8.78 Å². The van der Waals surface area contributed by atoms with E-state index >= 15 is 0 Å². The lowest BCUT2D eigenvalue weighted by Gasteiger charge is -2.03. The minimum absolute atomic E-state index is 0.0432. The molecule has 0 bridgehead atoms. The fourth-order valence-electron chi connectivity index (χ4n) is 2.03. The van der Waals surface area contributed by atoms with E-state index in [1.807, 2.05) is 0 Å². The van der Waals surface area contributed by atoms with Gasteiger partial charge in [0.1, 0.15) is 17.4 Å². The lowest BCUT2D eigenvalue weighted by Crippen LogP contribution is -2.08. The number of rotatable bonds is 5. The molecule has 1 aromatic heterocycles. The van der Waals surface area contributed by atoms with Crippen molar-refractivity contribution < 1.29 is 27.6 Å². The number of halogens is 2. The molecule has 0 aliphatic carbocycles. The minimum Gasteiger partial charge on any atom is -0.497 e. The lowest BCUT2D eigenvalue weighted by atomic mass is 10.2. The van der Waals surface area contributed by atoms with Crippen molar-refractivity contribution in [2.45, 2.75) is 6.61 Å². The van der Waals surface area contributed by atoms with Gasteiger partial charge in [-0.2, -0.15) is 4.98 Å². The molecule has 0 saturated carbocycles. The van der Waals surface area contributed by atoms with E-state index in [4.69, 9.17) is 14.0 Å². The van der Waals surface area contributed by atoms with E-state index in [1.165, 1.54) is 0 Å². The number of ether oxygens (including phenoxy) is 2. The first-order valence-electron chi connectivity index (χ1n) is 7.16. The van der Waals surface area contributed by atoms with Gasteiger partial charge in [0.2, 0.25) is 5.82 Å². The summed E-state index contributed by atoms with van der Waals surface area (Å²) in [7, 11) is 1.56. The number of methoxy groups -OCH3 is 1. The summed E-state index contributed by atoms with van der Waals surface area (Å²) in [6.45, 7) is -0.335. The highest BCUT2D eigenvalue weighted by molar-refractivity contribution is 5.89. The quantitative estimate of drug-likeness (QED) is 0.659. The van der Waals surface area contributed by atoms with Crippen LogP contribution in [0, 0.1) is 11.6 Å². The van der Waals surface area contributed by atoms with Crippen LogP contribution in [0.25, 0.3) is 11.4 Å². The number of esters is 1. The van der Waals surface area contributed by atoms with Crippen molar-refractivity contribution in [3.05, 3.63) is 65.6 Å². The number of hydrogen-bond donors (Lipinski definition) is 0. The third-order valence-electron chi connectivity index (χ3n) is 3.29. The highest BCUT2D eigenvalue weighted by atomic mass is 19.1. The van der Waals surface area contributed by atoms with Crippen molar-refractivity contribution in [1.29, 1.82) is 0 Å². The van der Waals surface area contributed by atoms with Crippen LogP contribution in [-0.4, -0.2) is 23.2 Å². The van der Waals surface area contributed by atoms with Crippen LogP contribution in [0.1, 0.15) is 16.2 Å². The molecule has 8 heteroatoms. The second-order valence-corrected chi connectivity index (χ2v) is 4.94. The lowest BCUT2D eigenvalue weighted by molar-refractivity contribution is 0.0424. The van der Waals surface area contributed by atoms with Crippen molar-refractivity contribution in [2.75, 3.05) is 7.11 Å². The van der Waals surface area contributed by atoms with Gasteiger partial charge in [-0.05, 0) is 36.4 Å². The van der Waals surface area contributed by atoms with Crippen molar-refractivity contribution in [3.8, 4) is 17.1 Å². The first-order valence-corrected chi connectivity index (χ1v) is 7.16. The predicted octanol–water partition coefficient (Wildman–Crippen LogP) is 3.38. The molecule has 3 aromatic rings. The van der Waals surface area contributed by atoms with Crippen LogP contribution in [-0.2, 0) is 11.3 Å². The van der Waals surface area contributed by atoms with E-state index in [-0.39, 0.29) is 18.1 Å². The smallest absolute Gasteiger partial charge is 0.341 e. The Morgan fingerprint density at radius 1 is 1.16 bits per heavy atom. The van der Waals surface area contributed by atoms with Crippen molar-refractivity contribution >= 4 is 5.97 Å². The molecule has 128 valence electrons. The van der Waals surface area contributed by atoms with E-state index in [9.17, 15) is 13.6 Å². The van der Waals surface area contributed by atoms with Gasteiger partial charge in [0, 0.05) is 11.6 Å². The van der Waals surface area contributed by atoms with Crippen molar-refractivity contribution in [2.24, 2.45) is 0 Å². The average molecular weight is 346 g/mol. The van der Waals surface area contributed by atoms with Gasteiger partial charge >= 0.3 is 5.97 Å². The zero-order valence-corrected chi connectivity index (χ0v) is 13.0. The Balaban J connectivity index is 1.66. The van der Waals surface area contributed by atoms with E-state index in [1.54, 1.807) is 31.4 Å². The molecule has 2 aromatic carbocycles. The first-order chi connectivity index (χ1) is 12.1. The highest BCUT2D eigenvalue weighted by Crippen LogP contribution is 2.20. The number of benzene rings is 2. The number of carbonyl (C=O) groups is 1. The highest BCUT2D eigenvalue weighted by Gasteiger charge is 2.16. The molecule has 0 spiro atoms. The maximum atomic E-state index is 13.5.